The lowest BCUT2D eigenvalue weighted by molar-refractivity contribution is 0.0526. The van der Waals surface area contributed by atoms with E-state index in [1.54, 1.807) is 23.9 Å². The Kier molecular flexibility index (Phi) is 5.55. The van der Waals surface area contributed by atoms with Crippen LogP contribution in [-0.2, 0) is 4.74 Å². The van der Waals surface area contributed by atoms with Crippen LogP contribution in [0.1, 0.15) is 35.8 Å². The average Bonchev–Trinajstić information content (AvgIpc) is 3.42. The SMILES string of the molecule is CCOC(=O)c1cnn(-c2nc(OC)c3c(cnn3[C@@H](C)c3ccc(Cl)c(F)c3)n2)c1. The number of carbonyl (C=O) groups is 1. The second-order valence-electron chi connectivity index (χ2n) is 6.60. The van der Waals surface area contributed by atoms with Crippen LogP contribution in [0.25, 0.3) is 17.0 Å². The number of ether oxygens (including phenoxy) is 2. The van der Waals surface area contributed by atoms with Crippen molar-refractivity contribution in [3.05, 3.63) is 58.8 Å². The van der Waals surface area contributed by atoms with Crippen LogP contribution in [-0.4, -0.2) is 49.2 Å². The van der Waals surface area contributed by atoms with Gasteiger partial charge < -0.3 is 9.47 Å². The standard InChI is InChI=1S/C20H18ClFN6O3/c1-4-31-19(29)13-8-23-27(10-13)20-25-16-9-24-28(17(16)18(26-20)30-3)11(2)12-5-6-14(21)15(22)7-12/h5-11H,4H2,1-3H3/t11-/m0/s1. The van der Waals surface area contributed by atoms with Gasteiger partial charge in [-0.25, -0.2) is 18.9 Å². The van der Waals surface area contributed by atoms with E-state index in [0.29, 0.717) is 16.6 Å². The van der Waals surface area contributed by atoms with Crippen molar-refractivity contribution in [1.82, 2.24) is 29.5 Å². The van der Waals surface area contributed by atoms with Crippen molar-refractivity contribution in [2.75, 3.05) is 13.7 Å². The zero-order valence-corrected chi connectivity index (χ0v) is 17.7. The van der Waals surface area contributed by atoms with Crippen LogP contribution in [0.2, 0.25) is 5.02 Å². The molecule has 0 spiro atoms. The van der Waals surface area contributed by atoms with Crippen molar-refractivity contribution in [2.45, 2.75) is 19.9 Å². The van der Waals surface area contributed by atoms with Gasteiger partial charge in [0, 0.05) is 6.20 Å². The largest absolute Gasteiger partial charge is 0.479 e. The maximum Gasteiger partial charge on any atom is 0.341 e. The lowest BCUT2D eigenvalue weighted by atomic mass is 10.1. The Bertz CT molecular complexity index is 1270. The third kappa shape index (κ3) is 3.81. The molecule has 3 heterocycles. The number of rotatable bonds is 6. The summed E-state index contributed by atoms with van der Waals surface area (Å²) in [4.78, 5) is 20.8. The molecule has 0 N–H and O–H groups in total. The van der Waals surface area contributed by atoms with E-state index in [1.807, 2.05) is 6.92 Å². The molecule has 3 aromatic heterocycles. The van der Waals surface area contributed by atoms with E-state index in [0.717, 1.165) is 0 Å². The van der Waals surface area contributed by atoms with Gasteiger partial charge in [-0.3, -0.25) is 4.68 Å². The summed E-state index contributed by atoms with van der Waals surface area (Å²) in [6.07, 6.45) is 4.41. The Morgan fingerprint density at radius 3 is 2.77 bits per heavy atom. The summed E-state index contributed by atoms with van der Waals surface area (Å²) in [5, 5.41) is 8.58. The van der Waals surface area contributed by atoms with Gasteiger partial charge in [0.25, 0.3) is 5.95 Å². The minimum atomic E-state index is -0.510. The molecule has 1 aromatic carbocycles. The molecule has 0 aliphatic carbocycles. The molecular weight excluding hydrogens is 427 g/mol. The molecule has 0 aliphatic heterocycles. The van der Waals surface area contributed by atoms with Crippen molar-refractivity contribution < 1.29 is 18.7 Å². The first-order valence-electron chi connectivity index (χ1n) is 9.39. The molecule has 1 atom stereocenters. The molecule has 11 heteroatoms. The molecule has 31 heavy (non-hydrogen) atoms. The second-order valence-corrected chi connectivity index (χ2v) is 7.01. The Labute approximate surface area is 181 Å². The van der Waals surface area contributed by atoms with Crippen LogP contribution in [0.15, 0.2) is 36.8 Å². The van der Waals surface area contributed by atoms with Crippen LogP contribution in [0, 0.1) is 5.82 Å². The third-order valence-electron chi connectivity index (χ3n) is 4.69. The van der Waals surface area contributed by atoms with Crippen LogP contribution in [0.5, 0.6) is 5.88 Å². The van der Waals surface area contributed by atoms with E-state index < -0.39 is 11.8 Å². The number of esters is 1. The number of hydrogen-bond donors (Lipinski definition) is 0. The topological polar surface area (TPSA) is 97.0 Å². The van der Waals surface area contributed by atoms with E-state index in [9.17, 15) is 9.18 Å². The van der Waals surface area contributed by atoms with Crippen LogP contribution < -0.4 is 4.74 Å². The molecule has 0 aliphatic rings. The Morgan fingerprint density at radius 1 is 1.26 bits per heavy atom. The van der Waals surface area contributed by atoms with E-state index in [2.05, 4.69) is 20.2 Å². The summed E-state index contributed by atoms with van der Waals surface area (Å²) in [5.41, 5.74) is 1.98. The Morgan fingerprint density at radius 2 is 2.06 bits per heavy atom. The zero-order valence-electron chi connectivity index (χ0n) is 16.9. The van der Waals surface area contributed by atoms with Crippen LogP contribution in [0.3, 0.4) is 0 Å². The number of methoxy groups -OCH3 is 1. The first kappa shape index (κ1) is 20.7. The fourth-order valence-corrected chi connectivity index (χ4v) is 3.24. The van der Waals surface area contributed by atoms with E-state index in [-0.39, 0.29) is 35.1 Å². The van der Waals surface area contributed by atoms with Gasteiger partial charge in [-0.05, 0) is 31.5 Å². The predicted octanol–water partition coefficient (Wildman–Crippen LogP) is 3.60. The first-order valence-corrected chi connectivity index (χ1v) is 9.77. The predicted molar refractivity (Wildman–Crippen MR) is 110 cm³/mol. The van der Waals surface area contributed by atoms with Crippen molar-refractivity contribution in [2.24, 2.45) is 0 Å². The van der Waals surface area contributed by atoms with Gasteiger partial charge in [-0.2, -0.15) is 15.2 Å². The maximum absolute atomic E-state index is 13.9. The fraction of sp³-hybridized carbons (Fsp3) is 0.250. The summed E-state index contributed by atoms with van der Waals surface area (Å²) < 4.78 is 27.4. The number of carbonyl (C=O) groups excluding carboxylic acids is 1. The quantitative estimate of drug-likeness (QED) is 0.419. The summed E-state index contributed by atoms with van der Waals surface area (Å²) in [7, 11) is 1.47. The molecule has 9 nitrogen and oxygen atoms in total. The number of fused-ring (bicyclic) bond motifs is 1. The Balaban J connectivity index is 1.75. The minimum absolute atomic E-state index is 0.0493. The van der Waals surface area contributed by atoms with Crippen molar-refractivity contribution in [1.29, 1.82) is 0 Å². The van der Waals surface area contributed by atoms with Crippen molar-refractivity contribution in [3.8, 4) is 11.8 Å². The maximum atomic E-state index is 13.9. The highest BCUT2D eigenvalue weighted by Gasteiger charge is 2.21. The fourth-order valence-electron chi connectivity index (χ4n) is 3.12. The lowest BCUT2D eigenvalue weighted by Crippen LogP contribution is -2.11. The number of halogens is 2. The highest BCUT2D eigenvalue weighted by atomic mass is 35.5. The highest BCUT2D eigenvalue weighted by Crippen LogP contribution is 2.29. The normalized spacial score (nSPS) is 12.2. The van der Waals surface area contributed by atoms with Gasteiger partial charge in [0.15, 0.2) is 0 Å². The number of benzene rings is 1. The van der Waals surface area contributed by atoms with Gasteiger partial charge in [-0.1, -0.05) is 17.7 Å². The molecule has 0 amide bonds. The first-order chi connectivity index (χ1) is 14.9. The second kappa shape index (κ2) is 8.31. The summed E-state index contributed by atoms with van der Waals surface area (Å²) in [6.45, 7) is 3.85. The van der Waals surface area contributed by atoms with Crippen LogP contribution in [0.4, 0.5) is 4.39 Å². The van der Waals surface area contributed by atoms with Crippen LogP contribution >= 0.6 is 11.6 Å². The molecule has 0 radical (unpaired) electrons. The average molecular weight is 445 g/mol. The molecule has 0 fully saturated rings. The summed E-state index contributed by atoms with van der Waals surface area (Å²) in [5.74, 6) is -0.542. The van der Waals surface area contributed by atoms with Gasteiger partial charge in [-0.15, -0.1) is 0 Å². The van der Waals surface area contributed by atoms with Gasteiger partial charge in [0.1, 0.15) is 16.9 Å². The molecule has 0 bridgehead atoms. The van der Waals surface area contributed by atoms with E-state index in [4.69, 9.17) is 21.1 Å². The van der Waals surface area contributed by atoms with E-state index >= 15 is 0 Å². The zero-order chi connectivity index (χ0) is 22.1. The smallest absolute Gasteiger partial charge is 0.341 e. The number of nitrogens with zero attached hydrogens (tertiary/aromatic N) is 6. The monoisotopic (exact) mass is 444 g/mol. The highest BCUT2D eigenvalue weighted by molar-refractivity contribution is 6.30. The molecule has 4 aromatic rings. The number of aromatic nitrogens is 6. The van der Waals surface area contributed by atoms with Crippen molar-refractivity contribution in [3.63, 3.8) is 0 Å². The number of hydrogen-bond acceptors (Lipinski definition) is 7. The van der Waals surface area contributed by atoms with Gasteiger partial charge >= 0.3 is 5.97 Å². The van der Waals surface area contributed by atoms with Gasteiger partial charge in [0.05, 0.1) is 42.7 Å². The molecule has 0 saturated carbocycles. The minimum Gasteiger partial charge on any atom is -0.479 e. The third-order valence-corrected chi connectivity index (χ3v) is 4.99. The Hall–Kier alpha value is -3.53. The van der Waals surface area contributed by atoms with Crippen molar-refractivity contribution >= 4 is 28.6 Å². The summed E-state index contributed by atoms with van der Waals surface area (Å²) in [6, 6.07) is 4.25. The molecule has 4 rings (SSSR count). The molecule has 0 unspecified atom stereocenters. The molecule has 160 valence electrons. The lowest BCUT2D eigenvalue weighted by Gasteiger charge is -2.15. The van der Waals surface area contributed by atoms with Gasteiger partial charge in [0.2, 0.25) is 5.88 Å². The molecule has 0 saturated heterocycles. The summed E-state index contributed by atoms with van der Waals surface area (Å²) >= 11 is 5.79. The van der Waals surface area contributed by atoms with E-state index in [1.165, 1.54) is 36.3 Å². The molecular formula is C20H18ClFN6O3.